The highest BCUT2D eigenvalue weighted by Gasteiger charge is 2.29. The van der Waals surface area contributed by atoms with E-state index in [0.29, 0.717) is 22.0 Å². The van der Waals surface area contributed by atoms with E-state index >= 15 is 0 Å². The summed E-state index contributed by atoms with van der Waals surface area (Å²) in [5.41, 5.74) is 3.47. The number of ether oxygens (including phenoxy) is 2. The van der Waals surface area contributed by atoms with E-state index in [1.807, 2.05) is 44.2 Å². The number of carboxylic acid groups (broad SMARTS) is 1. The summed E-state index contributed by atoms with van der Waals surface area (Å²) >= 11 is 6.25. The summed E-state index contributed by atoms with van der Waals surface area (Å²) in [5, 5.41) is 11.2. The van der Waals surface area contributed by atoms with Gasteiger partial charge in [0.15, 0.2) is 6.10 Å². The van der Waals surface area contributed by atoms with Crippen LogP contribution in [-0.2, 0) is 9.53 Å². The zero-order valence-corrected chi connectivity index (χ0v) is 16.9. The van der Waals surface area contributed by atoms with Crippen LogP contribution in [0.2, 0.25) is 5.02 Å². The van der Waals surface area contributed by atoms with Gasteiger partial charge in [-0.25, -0.2) is 4.79 Å². The molecule has 1 unspecified atom stereocenters. The zero-order valence-electron chi connectivity index (χ0n) is 16.2. The maximum absolute atomic E-state index is 12.1. The van der Waals surface area contributed by atoms with Gasteiger partial charge in [-0.3, -0.25) is 4.98 Å². The third-order valence-corrected chi connectivity index (χ3v) is 4.68. The molecule has 0 aliphatic heterocycles. The van der Waals surface area contributed by atoms with Crippen molar-refractivity contribution in [2.24, 2.45) is 0 Å². The van der Waals surface area contributed by atoms with Crippen LogP contribution in [0, 0.1) is 6.92 Å². The summed E-state index contributed by atoms with van der Waals surface area (Å²) in [6, 6.07) is 12.9. The van der Waals surface area contributed by atoms with E-state index in [9.17, 15) is 9.90 Å². The van der Waals surface area contributed by atoms with Crippen LogP contribution in [0.15, 0.2) is 42.5 Å². The van der Waals surface area contributed by atoms with Crippen molar-refractivity contribution >= 4 is 28.5 Å². The van der Waals surface area contributed by atoms with Gasteiger partial charge in [-0.2, -0.15) is 0 Å². The first kappa shape index (κ1) is 20.1. The second kappa shape index (κ2) is 8.17. The number of halogens is 1. The van der Waals surface area contributed by atoms with Crippen LogP contribution in [0.4, 0.5) is 0 Å². The van der Waals surface area contributed by atoms with Crippen molar-refractivity contribution in [3.8, 4) is 16.9 Å². The molecular formula is C22H22ClNO4. The highest BCUT2D eigenvalue weighted by atomic mass is 35.5. The number of rotatable bonds is 6. The Morgan fingerprint density at radius 3 is 2.39 bits per heavy atom. The molecule has 146 valence electrons. The van der Waals surface area contributed by atoms with Crippen molar-refractivity contribution in [3.05, 3.63) is 58.7 Å². The van der Waals surface area contributed by atoms with Crippen molar-refractivity contribution < 1.29 is 19.4 Å². The molecule has 1 atom stereocenters. The van der Waals surface area contributed by atoms with Crippen molar-refractivity contribution in [3.63, 3.8) is 0 Å². The molecule has 1 heterocycles. The fourth-order valence-corrected chi connectivity index (χ4v) is 3.46. The van der Waals surface area contributed by atoms with E-state index < -0.39 is 12.1 Å². The summed E-state index contributed by atoms with van der Waals surface area (Å²) in [6.07, 6.45) is -1.41. The van der Waals surface area contributed by atoms with E-state index in [2.05, 4.69) is 4.98 Å². The van der Waals surface area contributed by atoms with Crippen LogP contribution in [-0.4, -0.2) is 29.3 Å². The second-order valence-electron chi connectivity index (χ2n) is 6.78. The lowest BCUT2D eigenvalue weighted by Gasteiger charge is -2.23. The normalized spacial score (nSPS) is 12.4. The summed E-state index contributed by atoms with van der Waals surface area (Å²) < 4.78 is 11.0. The first-order chi connectivity index (χ1) is 13.3. The molecular weight excluding hydrogens is 378 g/mol. The Kier molecular flexibility index (Phi) is 5.87. The number of aliphatic carboxylic acids is 1. The van der Waals surface area contributed by atoms with Gasteiger partial charge in [0.2, 0.25) is 0 Å². The monoisotopic (exact) mass is 399 g/mol. The third kappa shape index (κ3) is 3.96. The molecule has 0 fully saturated rings. The largest absolute Gasteiger partial charge is 0.497 e. The van der Waals surface area contributed by atoms with Gasteiger partial charge in [-0.15, -0.1) is 0 Å². The van der Waals surface area contributed by atoms with Gasteiger partial charge < -0.3 is 14.6 Å². The number of hydrogen-bond acceptors (Lipinski definition) is 4. The molecule has 2 aromatic carbocycles. The molecule has 0 saturated heterocycles. The Bertz CT molecular complexity index is 1020. The number of benzene rings is 2. The van der Waals surface area contributed by atoms with Crippen molar-refractivity contribution in [2.75, 3.05) is 7.11 Å². The number of methoxy groups -OCH3 is 1. The predicted octanol–water partition coefficient (Wildman–Crippen LogP) is 5.42. The molecule has 0 radical (unpaired) electrons. The van der Waals surface area contributed by atoms with Crippen LogP contribution in [0.3, 0.4) is 0 Å². The second-order valence-corrected chi connectivity index (χ2v) is 7.22. The van der Waals surface area contributed by atoms with Crippen LogP contribution < -0.4 is 4.74 Å². The zero-order chi connectivity index (χ0) is 20.4. The summed E-state index contributed by atoms with van der Waals surface area (Å²) in [7, 11) is 1.60. The minimum absolute atomic E-state index is 0.265. The number of hydrogen-bond donors (Lipinski definition) is 1. The minimum Gasteiger partial charge on any atom is -0.497 e. The number of nitrogens with zero attached hydrogens (tertiary/aromatic N) is 1. The average Bonchev–Trinajstić information content (AvgIpc) is 2.65. The van der Waals surface area contributed by atoms with Crippen molar-refractivity contribution in [1.82, 2.24) is 4.98 Å². The third-order valence-electron chi connectivity index (χ3n) is 4.45. The lowest BCUT2D eigenvalue weighted by molar-refractivity contribution is -0.153. The molecule has 28 heavy (non-hydrogen) atoms. The molecule has 5 nitrogen and oxygen atoms in total. The molecule has 1 N–H and O–H groups in total. The average molecular weight is 400 g/mol. The van der Waals surface area contributed by atoms with Crippen LogP contribution in [0.5, 0.6) is 5.75 Å². The fraction of sp³-hybridized carbons (Fsp3) is 0.273. The maximum atomic E-state index is 12.1. The number of aromatic nitrogens is 1. The van der Waals surface area contributed by atoms with Crippen molar-refractivity contribution in [1.29, 1.82) is 0 Å². The van der Waals surface area contributed by atoms with Gasteiger partial charge >= 0.3 is 5.97 Å². The van der Waals surface area contributed by atoms with Crippen LogP contribution in [0.1, 0.15) is 31.2 Å². The lowest BCUT2D eigenvalue weighted by atomic mass is 9.91. The molecule has 0 aliphatic carbocycles. The van der Waals surface area contributed by atoms with Crippen molar-refractivity contribution in [2.45, 2.75) is 33.0 Å². The SMILES string of the molecule is COc1ccc(-c2c(C(OC(C)C)C(=O)O)c(C)nc3ccc(Cl)cc23)cc1. The quantitative estimate of drug-likeness (QED) is 0.599. The molecule has 0 saturated carbocycles. The highest BCUT2D eigenvalue weighted by Crippen LogP contribution is 2.39. The summed E-state index contributed by atoms with van der Waals surface area (Å²) in [4.78, 5) is 16.7. The smallest absolute Gasteiger partial charge is 0.337 e. The molecule has 3 rings (SSSR count). The predicted molar refractivity (Wildman–Crippen MR) is 110 cm³/mol. The van der Waals surface area contributed by atoms with E-state index in [1.54, 1.807) is 26.2 Å². The van der Waals surface area contributed by atoms with Gasteiger partial charge in [-0.1, -0.05) is 23.7 Å². The van der Waals surface area contributed by atoms with Gasteiger partial charge in [0.1, 0.15) is 5.75 Å². The molecule has 6 heteroatoms. The highest BCUT2D eigenvalue weighted by molar-refractivity contribution is 6.31. The van der Waals surface area contributed by atoms with Gasteiger partial charge in [0.05, 0.1) is 18.7 Å². The summed E-state index contributed by atoms with van der Waals surface area (Å²) in [5.74, 6) is -0.346. The lowest BCUT2D eigenvalue weighted by Crippen LogP contribution is -2.21. The first-order valence-corrected chi connectivity index (χ1v) is 9.32. The van der Waals surface area contributed by atoms with Crippen LogP contribution >= 0.6 is 11.6 Å². The molecule has 1 aromatic heterocycles. The number of carbonyl (C=O) groups is 1. The Morgan fingerprint density at radius 2 is 1.82 bits per heavy atom. The Labute approximate surface area is 168 Å². The maximum Gasteiger partial charge on any atom is 0.337 e. The number of carboxylic acids is 1. The van der Waals surface area contributed by atoms with Crippen LogP contribution in [0.25, 0.3) is 22.0 Å². The van der Waals surface area contributed by atoms with E-state index in [-0.39, 0.29) is 6.10 Å². The molecule has 0 amide bonds. The van der Waals surface area contributed by atoms with Gasteiger partial charge in [0.25, 0.3) is 0 Å². The molecule has 0 bridgehead atoms. The Balaban J connectivity index is 2.38. The topological polar surface area (TPSA) is 68.7 Å². The fourth-order valence-electron chi connectivity index (χ4n) is 3.28. The summed E-state index contributed by atoms with van der Waals surface area (Å²) in [6.45, 7) is 5.42. The Hall–Kier alpha value is -2.63. The molecule has 0 aliphatic rings. The molecule has 0 spiro atoms. The first-order valence-electron chi connectivity index (χ1n) is 8.94. The number of fused-ring (bicyclic) bond motifs is 1. The van der Waals surface area contributed by atoms with Gasteiger partial charge in [0, 0.05) is 21.7 Å². The Morgan fingerprint density at radius 1 is 1.14 bits per heavy atom. The number of aryl methyl sites for hydroxylation is 1. The van der Waals surface area contributed by atoms with Gasteiger partial charge in [-0.05, 0) is 62.2 Å². The van der Waals surface area contributed by atoms with E-state index in [0.717, 1.165) is 22.0 Å². The van der Waals surface area contributed by atoms with E-state index in [4.69, 9.17) is 21.1 Å². The number of pyridine rings is 1. The van der Waals surface area contributed by atoms with E-state index in [1.165, 1.54) is 0 Å². The molecule has 3 aromatic rings. The minimum atomic E-state index is -1.15. The standard InChI is InChI=1S/C22H22ClNO4/c1-12(2)28-21(22(25)26)19-13(3)24-18-10-7-15(23)11-17(18)20(19)14-5-8-16(27-4)9-6-14/h5-12,21H,1-4H3,(H,25,26).